The van der Waals surface area contributed by atoms with Gasteiger partial charge in [-0.25, -0.2) is 18.6 Å². The molecule has 1 amide bonds. The van der Waals surface area contributed by atoms with Crippen LogP contribution in [0.5, 0.6) is 0 Å². The molecule has 0 radical (unpaired) electrons. The Morgan fingerprint density at radius 2 is 1.67 bits per heavy atom. The van der Waals surface area contributed by atoms with Crippen molar-refractivity contribution in [1.29, 1.82) is 0 Å². The van der Waals surface area contributed by atoms with Crippen molar-refractivity contribution >= 4 is 44.3 Å². The number of carboxylic acids is 1. The zero-order valence-electron chi connectivity index (χ0n) is 24.6. The maximum atomic E-state index is 14.5. The number of thiophene rings is 1. The molecular weight excluding hydrogens is 596 g/mol. The molecule has 3 aromatic heterocycles. The SMILES string of the molecule is O=C(O)c1cc2c(s1)c(C1CCCCC1)c(-c1ccc3nc(-c4c(F)cccc4F)ccc3c1)n2CC(=O)N1CCC(O)CC1. The largest absolute Gasteiger partial charge is 0.477 e. The summed E-state index contributed by atoms with van der Waals surface area (Å²) < 4.78 is 31.9. The minimum atomic E-state index is -0.992. The number of aromatic carboxylic acids is 1. The van der Waals surface area contributed by atoms with Crippen LogP contribution in [0.25, 0.3) is 43.6 Å². The molecule has 1 aliphatic carbocycles. The van der Waals surface area contributed by atoms with E-state index in [1.165, 1.54) is 29.5 Å². The highest BCUT2D eigenvalue weighted by Crippen LogP contribution is 2.47. The first-order chi connectivity index (χ1) is 21.8. The molecule has 4 heterocycles. The summed E-state index contributed by atoms with van der Waals surface area (Å²) in [6, 6.07) is 14.6. The second kappa shape index (κ2) is 12.0. The third-order valence-electron chi connectivity index (χ3n) is 9.29. The topological polar surface area (TPSA) is 95.7 Å². The fourth-order valence-electron chi connectivity index (χ4n) is 7.00. The molecule has 2 N–H and O–H groups in total. The van der Waals surface area contributed by atoms with Gasteiger partial charge in [-0.15, -0.1) is 11.3 Å². The molecule has 5 aromatic rings. The van der Waals surface area contributed by atoms with Gasteiger partial charge >= 0.3 is 5.97 Å². The summed E-state index contributed by atoms with van der Waals surface area (Å²) in [7, 11) is 0. The first-order valence-electron chi connectivity index (χ1n) is 15.5. The van der Waals surface area contributed by atoms with Crippen molar-refractivity contribution in [3.05, 3.63) is 76.7 Å². The number of halogens is 2. The summed E-state index contributed by atoms with van der Waals surface area (Å²) >= 11 is 1.26. The zero-order chi connectivity index (χ0) is 31.2. The number of rotatable bonds is 6. The van der Waals surface area contributed by atoms with Gasteiger partial charge in [0.05, 0.1) is 38.8 Å². The normalized spacial score (nSPS) is 16.6. The van der Waals surface area contributed by atoms with Crippen molar-refractivity contribution in [3.8, 4) is 22.5 Å². The average molecular weight is 630 g/mol. The van der Waals surface area contributed by atoms with Crippen molar-refractivity contribution in [2.24, 2.45) is 0 Å². The van der Waals surface area contributed by atoms with E-state index in [0.29, 0.717) is 31.4 Å². The minimum absolute atomic E-state index is 0.0478. The molecule has 45 heavy (non-hydrogen) atoms. The number of carbonyl (C=O) groups is 2. The summed E-state index contributed by atoms with van der Waals surface area (Å²) in [5.74, 6) is -2.20. The molecule has 0 unspecified atom stereocenters. The lowest BCUT2D eigenvalue weighted by atomic mass is 9.83. The molecule has 232 valence electrons. The van der Waals surface area contributed by atoms with Crippen molar-refractivity contribution < 1.29 is 28.6 Å². The number of hydrogen-bond acceptors (Lipinski definition) is 5. The standard InChI is InChI=1S/C35H33F2N3O4S/c36-24-7-4-8-25(37)32(24)27-12-9-21-17-22(10-11-26(21)38-27)33-31(20-5-2-1-3-6-20)34-28(18-29(45-34)35(43)44)40(33)19-30(42)39-15-13-23(41)14-16-39/h4,7-12,17-18,20,23,41H,1-3,5-6,13-16,19H2,(H,43,44). The summed E-state index contributed by atoms with van der Waals surface area (Å²) in [6.07, 6.45) is 5.95. The van der Waals surface area contributed by atoms with E-state index in [2.05, 4.69) is 4.98 Å². The molecule has 7 rings (SSSR count). The second-order valence-electron chi connectivity index (χ2n) is 12.1. The van der Waals surface area contributed by atoms with E-state index in [9.17, 15) is 28.6 Å². The Kier molecular flexibility index (Phi) is 7.87. The van der Waals surface area contributed by atoms with E-state index in [0.717, 1.165) is 64.5 Å². The van der Waals surface area contributed by atoms with Crippen LogP contribution in [0.15, 0.2) is 54.6 Å². The number of aliphatic hydroxyl groups is 1. The molecule has 2 aromatic carbocycles. The number of benzene rings is 2. The summed E-state index contributed by atoms with van der Waals surface area (Å²) in [4.78, 5) is 32.4. The van der Waals surface area contributed by atoms with Gasteiger partial charge in [-0.2, -0.15) is 0 Å². The lowest BCUT2D eigenvalue weighted by molar-refractivity contribution is -0.133. The van der Waals surface area contributed by atoms with Crippen molar-refractivity contribution in [2.45, 2.75) is 63.5 Å². The third kappa shape index (κ3) is 5.50. The van der Waals surface area contributed by atoms with Crippen LogP contribution in [0.2, 0.25) is 0 Å². The summed E-state index contributed by atoms with van der Waals surface area (Å²) in [5, 5.41) is 20.7. The number of likely N-dealkylation sites (tertiary alicyclic amines) is 1. The monoisotopic (exact) mass is 629 g/mol. The number of carboxylic acid groups (broad SMARTS) is 1. The minimum Gasteiger partial charge on any atom is -0.477 e. The van der Waals surface area contributed by atoms with E-state index in [-0.39, 0.29) is 34.5 Å². The van der Waals surface area contributed by atoms with Gasteiger partial charge in [0.25, 0.3) is 0 Å². The van der Waals surface area contributed by atoms with Crippen LogP contribution in [0.3, 0.4) is 0 Å². The molecule has 1 saturated carbocycles. The first kappa shape index (κ1) is 29.6. The Morgan fingerprint density at radius 1 is 0.933 bits per heavy atom. The number of hydrogen-bond donors (Lipinski definition) is 2. The first-order valence-corrected chi connectivity index (χ1v) is 16.3. The number of carbonyl (C=O) groups excluding carboxylic acids is 1. The highest BCUT2D eigenvalue weighted by molar-refractivity contribution is 7.21. The Balaban J connectivity index is 1.38. The van der Waals surface area contributed by atoms with Gasteiger partial charge < -0.3 is 19.7 Å². The number of aromatic nitrogens is 2. The van der Waals surface area contributed by atoms with Gasteiger partial charge in [0.1, 0.15) is 23.1 Å². The number of amides is 1. The molecule has 1 aliphatic heterocycles. The van der Waals surface area contributed by atoms with E-state index in [1.54, 1.807) is 23.1 Å². The van der Waals surface area contributed by atoms with Crippen molar-refractivity contribution in [1.82, 2.24) is 14.5 Å². The van der Waals surface area contributed by atoms with Gasteiger partial charge in [0.15, 0.2) is 0 Å². The molecule has 10 heteroatoms. The third-order valence-corrected chi connectivity index (χ3v) is 10.4. The maximum Gasteiger partial charge on any atom is 0.345 e. The summed E-state index contributed by atoms with van der Waals surface area (Å²) in [5.41, 5.74) is 4.21. The Labute approximate surface area is 262 Å². The van der Waals surface area contributed by atoms with Crippen LogP contribution >= 0.6 is 11.3 Å². The van der Waals surface area contributed by atoms with E-state index < -0.39 is 23.7 Å². The number of aliphatic hydroxyl groups excluding tert-OH is 1. The zero-order valence-corrected chi connectivity index (χ0v) is 25.5. The van der Waals surface area contributed by atoms with E-state index in [1.807, 2.05) is 22.8 Å². The highest BCUT2D eigenvalue weighted by Gasteiger charge is 2.31. The number of pyridine rings is 1. The van der Waals surface area contributed by atoms with Crippen LogP contribution in [0.4, 0.5) is 8.78 Å². The molecule has 2 fully saturated rings. The van der Waals surface area contributed by atoms with E-state index >= 15 is 0 Å². The number of fused-ring (bicyclic) bond motifs is 2. The van der Waals surface area contributed by atoms with Gasteiger partial charge in [0, 0.05) is 18.5 Å². The average Bonchev–Trinajstić information content (AvgIpc) is 3.60. The van der Waals surface area contributed by atoms with Gasteiger partial charge in [-0.1, -0.05) is 37.5 Å². The quantitative estimate of drug-likeness (QED) is 0.202. The Hall–Kier alpha value is -4.15. The molecular formula is C35H33F2N3O4S. The predicted molar refractivity (Wildman–Crippen MR) is 171 cm³/mol. The fraction of sp³-hybridized carbons (Fsp3) is 0.343. The molecule has 0 atom stereocenters. The summed E-state index contributed by atoms with van der Waals surface area (Å²) in [6.45, 7) is 1.00. The highest BCUT2D eigenvalue weighted by atomic mass is 32.1. The van der Waals surface area contributed by atoms with Gasteiger partial charge in [-0.3, -0.25) is 4.79 Å². The van der Waals surface area contributed by atoms with Crippen LogP contribution in [0, 0.1) is 11.6 Å². The van der Waals surface area contributed by atoms with Crippen LogP contribution in [-0.4, -0.2) is 55.7 Å². The van der Waals surface area contributed by atoms with Crippen molar-refractivity contribution in [3.63, 3.8) is 0 Å². The van der Waals surface area contributed by atoms with E-state index in [4.69, 9.17) is 0 Å². The van der Waals surface area contributed by atoms with Gasteiger partial charge in [0.2, 0.25) is 5.91 Å². The molecule has 2 aliphatic rings. The molecule has 0 bridgehead atoms. The van der Waals surface area contributed by atoms with Crippen molar-refractivity contribution in [2.75, 3.05) is 13.1 Å². The molecule has 7 nitrogen and oxygen atoms in total. The second-order valence-corrected chi connectivity index (χ2v) is 13.2. The van der Waals surface area contributed by atoms with Gasteiger partial charge in [-0.05, 0) is 79.1 Å². The lowest BCUT2D eigenvalue weighted by Gasteiger charge is -2.30. The Bertz CT molecular complexity index is 1920. The Morgan fingerprint density at radius 3 is 2.38 bits per heavy atom. The number of piperidine rings is 1. The van der Waals surface area contributed by atoms with Crippen LogP contribution in [0.1, 0.15) is 66.1 Å². The molecule has 0 spiro atoms. The smallest absolute Gasteiger partial charge is 0.345 e. The predicted octanol–water partition coefficient (Wildman–Crippen LogP) is 7.59. The lowest BCUT2D eigenvalue weighted by Crippen LogP contribution is -2.41. The van der Waals surface area contributed by atoms with Crippen LogP contribution in [-0.2, 0) is 11.3 Å². The number of nitrogens with zero attached hydrogens (tertiary/aromatic N) is 3. The molecule has 1 saturated heterocycles. The van der Waals surface area contributed by atoms with Crippen LogP contribution < -0.4 is 0 Å². The fourth-order valence-corrected chi connectivity index (χ4v) is 8.13. The maximum absolute atomic E-state index is 14.5.